The lowest BCUT2D eigenvalue weighted by Crippen LogP contribution is -2.58. The predicted octanol–water partition coefficient (Wildman–Crippen LogP) is 3.79. The quantitative estimate of drug-likeness (QED) is 0.145. The number of aliphatic hydroxyl groups excluding tert-OH is 1. The lowest BCUT2D eigenvalue weighted by atomic mass is 9.71. The molecule has 3 rings (SSSR count). The van der Waals surface area contributed by atoms with Gasteiger partial charge in [0.05, 0.1) is 35.8 Å². The van der Waals surface area contributed by atoms with Crippen LogP contribution in [0, 0.1) is 17.8 Å². The fourth-order valence-corrected chi connectivity index (χ4v) is 9.64. The largest absolute Gasteiger partial charge is 0.465 e. The third-order valence-corrected chi connectivity index (χ3v) is 11.0. The van der Waals surface area contributed by atoms with Crippen molar-refractivity contribution < 1.29 is 24.2 Å². The van der Waals surface area contributed by atoms with Crippen molar-refractivity contribution in [3.8, 4) is 0 Å². The molecule has 0 saturated carbocycles. The minimum Gasteiger partial charge on any atom is -0.465 e. The second-order valence-electron chi connectivity index (χ2n) is 10.4. The van der Waals surface area contributed by atoms with Gasteiger partial charge in [0, 0.05) is 23.2 Å². The monoisotopic (exact) mass is 584 g/mol. The van der Waals surface area contributed by atoms with Crippen LogP contribution in [0.1, 0.15) is 52.9 Å². The van der Waals surface area contributed by atoms with Crippen molar-refractivity contribution in [2.75, 3.05) is 26.3 Å². The average molecular weight is 586 g/mol. The standard InChI is InChI=1S/C27H41BrN2O5S/c1-6-9-11-14-35-26(34)20-21-24(32)30(19(16-31)17(4)5)23(27(21)15-18(28)22(20)36-27)25(33)29(12-8-3)13-10-7-2/h6,8,17-23,31H,1,3,7,9-16H2,2,4-5H3/t18?,19-,20+,21-,22+,23?,27?/m0/s1. The highest BCUT2D eigenvalue weighted by molar-refractivity contribution is 9.09. The first-order valence-electron chi connectivity index (χ1n) is 13.1. The van der Waals surface area contributed by atoms with Crippen LogP contribution >= 0.6 is 27.7 Å². The maximum Gasteiger partial charge on any atom is 0.310 e. The molecule has 3 aliphatic heterocycles. The Hall–Kier alpha value is -1.32. The van der Waals surface area contributed by atoms with E-state index in [-0.39, 0.29) is 47.0 Å². The van der Waals surface area contributed by atoms with Gasteiger partial charge in [-0.25, -0.2) is 0 Å². The van der Waals surface area contributed by atoms with Gasteiger partial charge < -0.3 is 19.6 Å². The SMILES string of the molecule is C=CCCCOC(=O)[C@H]1[C@@H]2SC3(CC2Br)C(C(=O)N(CC=C)CCCC)N([C@@H](CO)C(C)C)C(=O)[C@H]13. The number of carbonyl (C=O) groups excluding carboxylic acids is 3. The van der Waals surface area contributed by atoms with Gasteiger partial charge in [-0.15, -0.1) is 24.9 Å². The number of amides is 2. The van der Waals surface area contributed by atoms with E-state index in [4.69, 9.17) is 4.74 Å². The van der Waals surface area contributed by atoms with Gasteiger partial charge in [0.2, 0.25) is 11.8 Å². The number of rotatable bonds is 14. The molecule has 1 N–H and O–H groups in total. The first-order chi connectivity index (χ1) is 17.2. The number of aliphatic hydroxyl groups is 1. The smallest absolute Gasteiger partial charge is 0.310 e. The summed E-state index contributed by atoms with van der Waals surface area (Å²) in [4.78, 5) is 45.2. The Morgan fingerprint density at radius 1 is 1.33 bits per heavy atom. The summed E-state index contributed by atoms with van der Waals surface area (Å²) < 4.78 is 4.89. The molecule has 1 spiro atoms. The molecule has 3 saturated heterocycles. The van der Waals surface area contributed by atoms with Gasteiger partial charge in [0.1, 0.15) is 6.04 Å². The highest BCUT2D eigenvalue weighted by Gasteiger charge is 2.76. The van der Waals surface area contributed by atoms with E-state index in [1.165, 1.54) is 0 Å². The number of likely N-dealkylation sites (tertiary alicyclic amines) is 1. The van der Waals surface area contributed by atoms with Crippen LogP contribution in [0.2, 0.25) is 0 Å². The number of thioether (sulfide) groups is 1. The van der Waals surface area contributed by atoms with E-state index in [1.807, 2.05) is 13.8 Å². The molecule has 3 heterocycles. The van der Waals surface area contributed by atoms with E-state index in [2.05, 4.69) is 36.0 Å². The molecule has 7 nitrogen and oxygen atoms in total. The summed E-state index contributed by atoms with van der Waals surface area (Å²) in [6, 6.07) is -1.26. The van der Waals surface area contributed by atoms with Crippen molar-refractivity contribution in [2.45, 2.75) is 79.8 Å². The first-order valence-corrected chi connectivity index (χ1v) is 14.9. The maximum atomic E-state index is 14.2. The molecule has 0 aromatic carbocycles. The summed E-state index contributed by atoms with van der Waals surface area (Å²) in [6.45, 7) is 14.5. The number of carbonyl (C=O) groups is 3. The summed E-state index contributed by atoms with van der Waals surface area (Å²) in [5.41, 5.74) is 0. The number of halogens is 1. The van der Waals surface area contributed by atoms with Crippen LogP contribution < -0.4 is 0 Å². The fraction of sp³-hybridized carbons (Fsp3) is 0.741. The zero-order valence-corrected chi connectivity index (χ0v) is 24.1. The normalized spacial score (nSPS) is 31.4. The van der Waals surface area contributed by atoms with Gasteiger partial charge in [0.25, 0.3) is 0 Å². The summed E-state index contributed by atoms with van der Waals surface area (Å²) >= 11 is 5.37. The van der Waals surface area contributed by atoms with Gasteiger partial charge in [-0.2, -0.15) is 0 Å². The number of nitrogens with zero attached hydrogens (tertiary/aromatic N) is 2. The number of ether oxygens (including phenoxy) is 1. The molecule has 0 aromatic heterocycles. The number of hydrogen-bond donors (Lipinski definition) is 1. The Labute approximate surface area is 228 Å². The van der Waals surface area contributed by atoms with Crippen molar-refractivity contribution >= 4 is 45.5 Å². The van der Waals surface area contributed by atoms with Crippen molar-refractivity contribution in [1.82, 2.24) is 9.80 Å². The topological polar surface area (TPSA) is 87.2 Å². The molecular weight excluding hydrogens is 544 g/mol. The molecule has 36 heavy (non-hydrogen) atoms. The van der Waals surface area contributed by atoms with E-state index in [9.17, 15) is 19.5 Å². The van der Waals surface area contributed by atoms with E-state index in [0.29, 0.717) is 25.9 Å². The number of alkyl halides is 1. The molecule has 0 aliphatic carbocycles. The number of esters is 1. The van der Waals surface area contributed by atoms with Crippen LogP contribution in [0.3, 0.4) is 0 Å². The minimum absolute atomic E-state index is 0.0114. The van der Waals surface area contributed by atoms with Gasteiger partial charge >= 0.3 is 5.97 Å². The Morgan fingerprint density at radius 3 is 2.64 bits per heavy atom. The van der Waals surface area contributed by atoms with E-state index in [0.717, 1.165) is 19.3 Å². The third kappa shape index (κ3) is 5.17. The van der Waals surface area contributed by atoms with E-state index >= 15 is 0 Å². The number of fused-ring (bicyclic) bond motifs is 1. The molecule has 7 atom stereocenters. The van der Waals surface area contributed by atoms with Crippen molar-refractivity contribution in [1.29, 1.82) is 0 Å². The molecule has 2 amide bonds. The lowest BCUT2D eigenvalue weighted by Gasteiger charge is -2.41. The molecule has 202 valence electrons. The van der Waals surface area contributed by atoms with Crippen LogP contribution in [0.5, 0.6) is 0 Å². The molecule has 0 radical (unpaired) electrons. The number of unbranched alkanes of at least 4 members (excludes halogenated alkanes) is 2. The Bertz CT molecular complexity index is 854. The predicted molar refractivity (Wildman–Crippen MR) is 147 cm³/mol. The summed E-state index contributed by atoms with van der Waals surface area (Å²) in [7, 11) is 0. The highest BCUT2D eigenvalue weighted by Crippen LogP contribution is 2.68. The molecular formula is C27H41BrN2O5S. The molecule has 3 fully saturated rings. The van der Waals surface area contributed by atoms with Gasteiger partial charge in [-0.05, 0) is 31.6 Å². The van der Waals surface area contributed by atoms with Crippen LogP contribution in [0.4, 0.5) is 0 Å². The maximum absolute atomic E-state index is 14.2. The lowest BCUT2D eigenvalue weighted by molar-refractivity contribution is -0.154. The summed E-state index contributed by atoms with van der Waals surface area (Å²) in [6.07, 6.45) is 7.32. The van der Waals surface area contributed by atoms with Crippen LogP contribution in [0.15, 0.2) is 25.3 Å². The molecule has 9 heteroatoms. The zero-order valence-electron chi connectivity index (χ0n) is 21.7. The van der Waals surface area contributed by atoms with Crippen LogP contribution in [-0.4, -0.2) is 85.9 Å². The summed E-state index contributed by atoms with van der Waals surface area (Å²) in [5.74, 6) is -2.03. The van der Waals surface area contributed by atoms with Crippen molar-refractivity contribution in [3.05, 3.63) is 25.3 Å². The molecule has 3 unspecified atom stereocenters. The van der Waals surface area contributed by atoms with Crippen molar-refractivity contribution in [3.63, 3.8) is 0 Å². The molecule has 2 bridgehead atoms. The Balaban J connectivity index is 2.03. The fourth-order valence-electron chi connectivity index (χ4n) is 6.06. The second kappa shape index (κ2) is 12.5. The van der Waals surface area contributed by atoms with Gasteiger partial charge in [0.15, 0.2) is 0 Å². The number of allylic oxidation sites excluding steroid dienone is 1. The highest BCUT2D eigenvalue weighted by atomic mass is 79.9. The van der Waals surface area contributed by atoms with Gasteiger partial charge in [-0.3, -0.25) is 14.4 Å². The molecule has 0 aromatic rings. The van der Waals surface area contributed by atoms with E-state index in [1.54, 1.807) is 33.7 Å². The van der Waals surface area contributed by atoms with Gasteiger partial charge in [-0.1, -0.05) is 55.3 Å². The molecule has 3 aliphatic rings. The van der Waals surface area contributed by atoms with E-state index < -0.39 is 28.7 Å². The summed E-state index contributed by atoms with van der Waals surface area (Å²) in [5, 5.41) is 10.2. The van der Waals surface area contributed by atoms with Crippen molar-refractivity contribution in [2.24, 2.45) is 17.8 Å². The number of hydrogen-bond acceptors (Lipinski definition) is 6. The Morgan fingerprint density at radius 2 is 2.06 bits per heavy atom. The minimum atomic E-state index is -0.750. The third-order valence-electron chi connectivity index (χ3n) is 7.79. The first kappa shape index (κ1) is 29.2. The average Bonchev–Trinajstić information content (AvgIpc) is 3.43. The van der Waals surface area contributed by atoms with Crippen LogP contribution in [0.25, 0.3) is 0 Å². The second-order valence-corrected chi connectivity index (χ2v) is 13.1. The Kier molecular flexibility index (Phi) is 10.1. The van der Waals surface area contributed by atoms with Crippen LogP contribution in [-0.2, 0) is 19.1 Å². The zero-order chi connectivity index (χ0) is 26.6.